The molecule has 1 amide bonds. The molecule has 2 atom stereocenters. The zero-order chi connectivity index (χ0) is 25.4. The van der Waals surface area contributed by atoms with E-state index in [0.717, 1.165) is 18.9 Å². The number of carbonyl (C=O) groups excluding carboxylic acids is 1. The maximum atomic E-state index is 12.1. The van der Waals surface area contributed by atoms with Gasteiger partial charge in [-0.15, -0.1) is 0 Å². The lowest BCUT2D eigenvalue weighted by atomic mass is 9.72. The first kappa shape index (κ1) is 28.8. The Hall–Kier alpha value is -2.25. The van der Waals surface area contributed by atoms with Gasteiger partial charge in [0.05, 0.1) is 6.10 Å². The number of amides is 1. The number of carboxylic acid groups (broad SMARTS) is 1. The minimum absolute atomic E-state index is 0.170. The van der Waals surface area contributed by atoms with E-state index in [0.29, 0.717) is 5.57 Å². The van der Waals surface area contributed by atoms with Gasteiger partial charge >= 0.3 is 13.8 Å². The summed E-state index contributed by atoms with van der Waals surface area (Å²) in [6.45, 7) is 11.5. The first-order valence-corrected chi connectivity index (χ1v) is 12.3. The molecule has 9 heteroatoms. The van der Waals surface area contributed by atoms with Crippen molar-refractivity contribution in [3.8, 4) is 0 Å². The average Bonchev–Trinajstić information content (AvgIpc) is 2.63. The first-order valence-electron chi connectivity index (χ1n) is 10.8. The zero-order valence-corrected chi connectivity index (χ0v) is 21.1. The van der Waals surface area contributed by atoms with Gasteiger partial charge in [0, 0.05) is 6.08 Å². The van der Waals surface area contributed by atoms with Gasteiger partial charge in [0.15, 0.2) is 6.04 Å². The van der Waals surface area contributed by atoms with Crippen molar-refractivity contribution in [2.24, 2.45) is 5.41 Å². The summed E-state index contributed by atoms with van der Waals surface area (Å²) in [4.78, 5) is 41.2. The smallest absolute Gasteiger partial charge is 0.469 e. The lowest BCUT2D eigenvalue weighted by Gasteiger charge is -2.32. The molecule has 0 radical (unpaired) electrons. The average molecular weight is 482 g/mol. The maximum absolute atomic E-state index is 12.1. The predicted molar refractivity (Wildman–Crippen MR) is 128 cm³/mol. The predicted octanol–water partition coefficient (Wildman–Crippen LogP) is 4.59. The van der Waals surface area contributed by atoms with Crippen molar-refractivity contribution in [3.63, 3.8) is 0 Å². The summed E-state index contributed by atoms with van der Waals surface area (Å²) >= 11 is 0. The van der Waals surface area contributed by atoms with Crippen molar-refractivity contribution in [1.29, 1.82) is 0 Å². The fraction of sp³-hybridized carbons (Fsp3) is 0.500. The lowest BCUT2D eigenvalue weighted by Crippen LogP contribution is -2.47. The van der Waals surface area contributed by atoms with E-state index in [1.54, 1.807) is 19.1 Å². The summed E-state index contributed by atoms with van der Waals surface area (Å²) in [6.07, 6.45) is 13.0. The Morgan fingerprint density at radius 1 is 1.18 bits per heavy atom. The number of carboxylic acids is 1. The Bertz CT molecular complexity index is 934. The lowest BCUT2D eigenvalue weighted by molar-refractivity contribution is -0.143. The SMILES string of the molecule is CC1=C(/C=C/C(C)=C/C=C/C(C)=C\C(=O)NC(C(=O)O)C(C)OP(=O)(O)O)C(C)(C)CCC1. The van der Waals surface area contributed by atoms with Crippen molar-refractivity contribution in [1.82, 2.24) is 5.32 Å². The molecule has 1 aliphatic rings. The molecule has 0 aromatic rings. The molecule has 0 saturated carbocycles. The molecule has 0 heterocycles. The van der Waals surface area contributed by atoms with E-state index >= 15 is 0 Å². The van der Waals surface area contributed by atoms with Crippen LogP contribution in [0.4, 0.5) is 0 Å². The minimum atomic E-state index is -4.89. The van der Waals surface area contributed by atoms with Gasteiger partial charge in [-0.05, 0) is 63.5 Å². The van der Waals surface area contributed by atoms with E-state index in [1.807, 2.05) is 13.0 Å². The Kier molecular flexibility index (Phi) is 10.7. The van der Waals surface area contributed by atoms with E-state index in [2.05, 4.69) is 42.8 Å². The summed E-state index contributed by atoms with van der Waals surface area (Å²) in [6, 6.07) is -1.62. The molecule has 4 N–H and O–H groups in total. The summed E-state index contributed by atoms with van der Waals surface area (Å²) in [5.41, 5.74) is 4.59. The molecule has 0 aromatic heterocycles. The molecule has 1 aliphatic carbocycles. The van der Waals surface area contributed by atoms with Crippen molar-refractivity contribution >= 4 is 19.7 Å². The van der Waals surface area contributed by atoms with Crippen LogP contribution in [0, 0.1) is 5.41 Å². The second-order valence-corrected chi connectivity index (χ2v) is 10.2. The molecular weight excluding hydrogens is 445 g/mol. The van der Waals surface area contributed by atoms with Crippen LogP contribution in [-0.4, -0.2) is 38.9 Å². The first-order chi connectivity index (χ1) is 15.1. The van der Waals surface area contributed by atoms with Gasteiger partial charge in [-0.2, -0.15) is 0 Å². The highest BCUT2D eigenvalue weighted by Crippen LogP contribution is 2.41. The molecule has 0 saturated heterocycles. The van der Waals surface area contributed by atoms with Gasteiger partial charge in [0.25, 0.3) is 0 Å². The van der Waals surface area contributed by atoms with Crippen LogP contribution in [0.25, 0.3) is 0 Å². The third-order valence-electron chi connectivity index (χ3n) is 5.47. The molecule has 1 rings (SSSR count). The number of phosphoric ester groups is 1. The summed E-state index contributed by atoms with van der Waals surface area (Å²) < 4.78 is 15.3. The number of nitrogens with one attached hydrogen (secondary N) is 1. The van der Waals surface area contributed by atoms with E-state index < -0.39 is 31.8 Å². The molecule has 33 heavy (non-hydrogen) atoms. The summed E-state index contributed by atoms with van der Waals surface area (Å²) in [5, 5.41) is 11.4. The van der Waals surface area contributed by atoms with Crippen LogP contribution < -0.4 is 5.32 Å². The number of allylic oxidation sites excluding steroid dienone is 9. The van der Waals surface area contributed by atoms with Gasteiger partial charge in [-0.25, -0.2) is 9.36 Å². The number of carbonyl (C=O) groups is 2. The van der Waals surface area contributed by atoms with Crippen molar-refractivity contribution < 1.29 is 33.6 Å². The van der Waals surface area contributed by atoms with E-state index in [9.17, 15) is 19.3 Å². The van der Waals surface area contributed by atoms with Gasteiger partial charge in [0.1, 0.15) is 0 Å². The molecular formula is C24H36NO7P. The highest BCUT2D eigenvalue weighted by Gasteiger charge is 2.32. The van der Waals surface area contributed by atoms with Crippen LogP contribution in [0.2, 0.25) is 0 Å². The standard InChI is InChI=1S/C24H36NO7P/c1-16(12-13-20-18(3)11-8-14-24(20,5)6)9-7-10-17(2)15-21(26)25-22(23(27)28)19(4)32-33(29,30)31/h7,9-10,12-13,15,19,22H,8,11,14H2,1-6H3,(H,25,26)(H,27,28)(H2,29,30,31)/b10-7+,13-12+,16-9+,17-15-. The Labute approximate surface area is 196 Å². The molecule has 0 aromatic carbocycles. The molecule has 0 fully saturated rings. The van der Waals surface area contributed by atoms with Crippen LogP contribution in [0.1, 0.15) is 60.8 Å². The maximum Gasteiger partial charge on any atom is 0.469 e. The van der Waals surface area contributed by atoms with Crippen LogP contribution >= 0.6 is 7.82 Å². The second kappa shape index (κ2) is 12.3. The fourth-order valence-electron chi connectivity index (χ4n) is 3.74. The summed E-state index contributed by atoms with van der Waals surface area (Å²) in [7, 11) is -4.89. The normalized spacial score (nSPS) is 19.8. The monoisotopic (exact) mass is 481 g/mol. The highest BCUT2D eigenvalue weighted by atomic mass is 31.2. The largest absolute Gasteiger partial charge is 0.480 e. The van der Waals surface area contributed by atoms with Crippen LogP contribution in [0.3, 0.4) is 0 Å². The summed E-state index contributed by atoms with van der Waals surface area (Å²) in [5.74, 6) is -2.18. The van der Waals surface area contributed by atoms with Gasteiger partial charge in [-0.3, -0.25) is 9.32 Å². The van der Waals surface area contributed by atoms with E-state index in [4.69, 9.17) is 9.79 Å². The van der Waals surface area contributed by atoms with Gasteiger partial charge in [-0.1, -0.05) is 55.4 Å². The second-order valence-electron chi connectivity index (χ2n) is 9.05. The van der Waals surface area contributed by atoms with Crippen molar-refractivity contribution in [2.45, 2.75) is 73.0 Å². The molecule has 2 unspecified atom stereocenters. The van der Waals surface area contributed by atoms with Crippen molar-refractivity contribution in [2.75, 3.05) is 0 Å². The number of rotatable bonds is 10. The minimum Gasteiger partial charge on any atom is -0.480 e. The third kappa shape index (κ3) is 10.5. The molecule has 0 aliphatic heterocycles. The number of hydrogen-bond acceptors (Lipinski definition) is 4. The number of hydrogen-bond donors (Lipinski definition) is 4. The topological polar surface area (TPSA) is 133 Å². The Balaban J connectivity index is 2.79. The fourth-order valence-corrected chi connectivity index (χ4v) is 4.29. The molecule has 8 nitrogen and oxygen atoms in total. The van der Waals surface area contributed by atoms with E-state index in [1.165, 1.54) is 30.1 Å². The third-order valence-corrected chi connectivity index (χ3v) is 6.08. The van der Waals surface area contributed by atoms with Crippen LogP contribution in [0.15, 0.2) is 58.7 Å². The quantitative estimate of drug-likeness (QED) is 0.204. The molecule has 0 spiro atoms. The number of phosphoric acid groups is 1. The van der Waals surface area contributed by atoms with Crippen molar-refractivity contribution in [3.05, 3.63) is 58.7 Å². The van der Waals surface area contributed by atoms with Crippen LogP contribution in [0.5, 0.6) is 0 Å². The number of aliphatic carboxylic acids is 1. The van der Waals surface area contributed by atoms with E-state index in [-0.39, 0.29) is 5.41 Å². The van der Waals surface area contributed by atoms with Crippen LogP contribution in [-0.2, 0) is 18.7 Å². The molecule has 184 valence electrons. The van der Waals surface area contributed by atoms with Gasteiger partial charge < -0.3 is 20.2 Å². The highest BCUT2D eigenvalue weighted by molar-refractivity contribution is 7.46. The zero-order valence-electron chi connectivity index (χ0n) is 20.2. The van der Waals surface area contributed by atoms with Gasteiger partial charge in [0.2, 0.25) is 5.91 Å². The Morgan fingerprint density at radius 3 is 2.36 bits per heavy atom. The molecule has 0 bridgehead atoms. The Morgan fingerprint density at radius 2 is 1.82 bits per heavy atom.